The normalized spacial score (nSPS) is 27.0. The van der Waals surface area contributed by atoms with Crippen LogP contribution in [0.1, 0.15) is 34.1 Å². The standard InChI is InChI=1S/C13H24N2O2/c1-9(2)15(10(3)4)6-11-13(7-14-8-13)5-12(16)17-11/h9-11,14H,5-8H2,1-4H3. The number of rotatable bonds is 4. The molecule has 0 amide bonds. The summed E-state index contributed by atoms with van der Waals surface area (Å²) in [6, 6.07) is 0.971. The van der Waals surface area contributed by atoms with Crippen molar-refractivity contribution in [2.24, 2.45) is 5.41 Å². The molecular formula is C13H24N2O2. The van der Waals surface area contributed by atoms with Gasteiger partial charge in [-0.3, -0.25) is 9.69 Å². The van der Waals surface area contributed by atoms with Crippen LogP contribution in [-0.4, -0.2) is 48.7 Å². The maximum absolute atomic E-state index is 11.5. The highest BCUT2D eigenvalue weighted by Crippen LogP contribution is 2.39. The van der Waals surface area contributed by atoms with Crippen molar-refractivity contribution in [3.8, 4) is 0 Å². The Hall–Kier alpha value is -0.610. The van der Waals surface area contributed by atoms with E-state index in [0.29, 0.717) is 18.5 Å². The minimum Gasteiger partial charge on any atom is -0.460 e. The molecule has 4 nitrogen and oxygen atoms in total. The SMILES string of the molecule is CC(C)N(CC1OC(=O)CC12CNC2)C(C)C. The summed E-state index contributed by atoms with van der Waals surface area (Å²) < 4.78 is 5.53. The molecule has 1 unspecified atom stereocenters. The van der Waals surface area contributed by atoms with E-state index >= 15 is 0 Å². The fraction of sp³-hybridized carbons (Fsp3) is 0.923. The number of carbonyl (C=O) groups excluding carboxylic acids is 1. The molecule has 2 saturated heterocycles. The second-order valence-electron chi connectivity index (χ2n) is 6.01. The highest BCUT2D eigenvalue weighted by atomic mass is 16.6. The zero-order valence-corrected chi connectivity index (χ0v) is 11.3. The van der Waals surface area contributed by atoms with Gasteiger partial charge in [0.25, 0.3) is 0 Å². The predicted octanol–water partition coefficient (Wildman–Crippen LogP) is 1.01. The van der Waals surface area contributed by atoms with Crippen molar-refractivity contribution in [1.29, 1.82) is 0 Å². The summed E-state index contributed by atoms with van der Waals surface area (Å²) in [5.74, 6) is -0.0241. The van der Waals surface area contributed by atoms with Crippen molar-refractivity contribution < 1.29 is 9.53 Å². The predicted molar refractivity (Wildman–Crippen MR) is 66.8 cm³/mol. The second-order valence-corrected chi connectivity index (χ2v) is 6.01. The molecule has 4 heteroatoms. The molecule has 2 fully saturated rings. The Morgan fingerprint density at radius 1 is 1.35 bits per heavy atom. The zero-order chi connectivity index (χ0) is 12.6. The monoisotopic (exact) mass is 240 g/mol. The van der Waals surface area contributed by atoms with E-state index < -0.39 is 0 Å². The Kier molecular flexibility index (Phi) is 3.46. The quantitative estimate of drug-likeness (QED) is 0.745. The van der Waals surface area contributed by atoms with Gasteiger partial charge in [-0.05, 0) is 27.7 Å². The van der Waals surface area contributed by atoms with Crippen molar-refractivity contribution in [3.05, 3.63) is 0 Å². The van der Waals surface area contributed by atoms with Crippen LogP contribution in [-0.2, 0) is 9.53 Å². The summed E-state index contributed by atoms with van der Waals surface area (Å²) in [7, 11) is 0. The number of nitrogens with zero attached hydrogens (tertiary/aromatic N) is 1. The van der Waals surface area contributed by atoms with Gasteiger partial charge in [-0.25, -0.2) is 0 Å². The minimum atomic E-state index is -0.0241. The first-order valence-electron chi connectivity index (χ1n) is 6.60. The molecule has 1 atom stereocenters. The van der Waals surface area contributed by atoms with E-state index in [1.54, 1.807) is 0 Å². The van der Waals surface area contributed by atoms with E-state index in [9.17, 15) is 4.79 Å². The van der Waals surface area contributed by atoms with Crippen molar-refractivity contribution in [1.82, 2.24) is 10.2 Å². The first kappa shape index (κ1) is 12.8. The first-order valence-corrected chi connectivity index (χ1v) is 6.60. The van der Waals surface area contributed by atoms with Crippen LogP contribution in [0, 0.1) is 5.41 Å². The van der Waals surface area contributed by atoms with E-state index in [0.717, 1.165) is 19.6 Å². The molecule has 0 bridgehead atoms. The number of nitrogens with one attached hydrogen (secondary N) is 1. The number of hydrogen-bond donors (Lipinski definition) is 1. The number of ether oxygens (including phenoxy) is 1. The van der Waals surface area contributed by atoms with Gasteiger partial charge in [0.15, 0.2) is 0 Å². The maximum Gasteiger partial charge on any atom is 0.306 e. The lowest BCUT2D eigenvalue weighted by Gasteiger charge is -2.44. The number of cyclic esters (lactones) is 1. The van der Waals surface area contributed by atoms with Crippen molar-refractivity contribution in [2.45, 2.75) is 52.3 Å². The molecule has 0 saturated carbocycles. The van der Waals surface area contributed by atoms with Gasteiger partial charge in [0.2, 0.25) is 0 Å². The van der Waals surface area contributed by atoms with Crippen LogP contribution in [0.3, 0.4) is 0 Å². The molecule has 2 aliphatic heterocycles. The Balaban J connectivity index is 2.04. The number of carbonyl (C=O) groups is 1. The highest BCUT2D eigenvalue weighted by molar-refractivity contribution is 5.73. The van der Waals surface area contributed by atoms with Crippen LogP contribution in [0.25, 0.3) is 0 Å². The van der Waals surface area contributed by atoms with Crippen LogP contribution in [0.2, 0.25) is 0 Å². The lowest BCUT2D eigenvalue weighted by atomic mass is 9.75. The largest absolute Gasteiger partial charge is 0.460 e. The smallest absolute Gasteiger partial charge is 0.306 e. The minimum absolute atomic E-state index is 0.0241. The third kappa shape index (κ3) is 2.33. The van der Waals surface area contributed by atoms with Gasteiger partial charge in [0.05, 0.1) is 6.42 Å². The fourth-order valence-corrected chi connectivity index (χ4v) is 2.97. The zero-order valence-electron chi connectivity index (χ0n) is 11.3. The molecule has 1 spiro atoms. The summed E-state index contributed by atoms with van der Waals surface area (Å²) in [5, 5.41) is 3.28. The molecule has 0 aliphatic carbocycles. The molecule has 0 radical (unpaired) electrons. The molecule has 1 N–H and O–H groups in total. The van der Waals surface area contributed by atoms with Crippen LogP contribution in [0.5, 0.6) is 0 Å². The lowest BCUT2D eigenvalue weighted by Crippen LogP contribution is -2.60. The number of hydrogen-bond acceptors (Lipinski definition) is 4. The van der Waals surface area contributed by atoms with Gasteiger partial charge >= 0.3 is 5.97 Å². The Morgan fingerprint density at radius 3 is 2.35 bits per heavy atom. The fourth-order valence-electron chi connectivity index (χ4n) is 2.97. The number of esters is 1. The highest BCUT2D eigenvalue weighted by Gasteiger charge is 2.53. The van der Waals surface area contributed by atoms with Gasteiger partial charge in [-0.2, -0.15) is 0 Å². The van der Waals surface area contributed by atoms with Crippen molar-refractivity contribution in [2.75, 3.05) is 19.6 Å². The first-order chi connectivity index (χ1) is 7.94. The van der Waals surface area contributed by atoms with Crippen LogP contribution >= 0.6 is 0 Å². The molecule has 98 valence electrons. The summed E-state index contributed by atoms with van der Waals surface area (Å²) in [6.07, 6.45) is 0.662. The van der Waals surface area contributed by atoms with E-state index in [1.165, 1.54) is 0 Å². The lowest BCUT2D eigenvalue weighted by molar-refractivity contribution is -0.143. The maximum atomic E-state index is 11.5. The summed E-state index contributed by atoms with van der Waals surface area (Å²) in [5.41, 5.74) is 0.0825. The third-order valence-corrected chi connectivity index (χ3v) is 4.11. The molecule has 2 aliphatic rings. The van der Waals surface area contributed by atoms with Crippen LogP contribution in [0.15, 0.2) is 0 Å². The van der Waals surface area contributed by atoms with Gasteiger partial charge < -0.3 is 10.1 Å². The van der Waals surface area contributed by atoms with E-state index in [1.807, 2.05) is 0 Å². The van der Waals surface area contributed by atoms with Crippen molar-refractivity contribution in [3.63, 3.8) is 0 Å². The Morgan fingerprint density at radius 2 is 1.94 bits per heavy atom. The summed E-state index contributed by atoms with van der Waals surface area (Å²) >= 11 is 0. The Bertz CT molecular complexity index is 290. The molecule has 0 aromatic rings. The topological polar surface area (TPSA) is 41.6 Å². The van der Waals surface area contributed by atoms with E-state index in [4.69, 9.17) is 4.74 Å². The summed E-state index contributed by atoms with van der Waals surface area (Å²) in [6.45, 7) is 11.5. The average molecular weight is 240 g/mol. The third-order valence-electron chi connectivity index (χ3n) is 4.11. The van der Waals surface area contributed by atoms with E-state index in [-0.39, 0.29) is 17.5 Å². The average Bonchev–Trinajstić information content (AvgIpc) is 2.50. The van der Waals surface area contributed by atoms with E-state index in [2.05, 4.69) is 37.9 Å². The second kappa shape index (κ2) is 4.58. The van der Waals surface area contributed by atoms with Gasteiger partial charge in [-0.1, -0.05) is 0 Å². The summed E-state index contributed by atoms with van der Waals surface area (Å²) in [4.78, 5) is 13.9. The van der Waals surface area contributed by atoms with Gasteiger partial charge in [0.1, 0.15) is 6.10 Å². The van der Waals surface area contributed by atoms with Crippen LogP contribution < -0.4 is 5.32 Å². The Labute approximate surface area is 104 Å². The molecule has 0 aromatic heterocycles. The molecule has 2 heterocycles. The van der Waals surface area contributed by atoms with Crippen molar-refractivity contribution >= 4 is 5.97 Å². The van der Waals surface area contributed by atoms with Gasteiger partial charge in [0, 0.05) is 37.1 Å². The molecule has 17 heavy (non-hydrogen) atoms. The molecular weight excluding hydrogens is 216 g/mol. The molecule has 2 rings (SSSR count). The van der Waals surface area contributed by atoms with Crippen LogP contribution in [0.4, 0.5) is 0 Å². The molecule has 0 aromatic carbocycles. The van der Waals surface area contributed by atoms with Gasteiger partial charge in [-0.15, -0.1) is 0 Å².